The lowest BCUT2D eigenvalue weighted by Crippen LogP contribution is -2.13. The van der Waals surface area contributed by atoms with Crippen molar-refractivity contribution in [1.82, 2.24) is 0 Å². The van der Waals surface area contributed by atoms with Gasteiger partial charge in [0.2, 0.25) is 0 Å². The molecule has 7 nitrogen and oxygen atoms in total. The number of hydrogen-bond acceptors (Lipinski definition) is 7. The van der Waals surface area contributed by atoms with Gasteiger partial charge in [-0.1, -0.05) is 11.6 Å². The second kappa shape index (κ2) is 6.61. The molecule has 8 heteroatoms. The van der Waals surface area contributed by atoms with E-state index < -0.39 is 28.1 Å². The zero-order valence-corrected chi connectivity index (χ0v) is 14.5. The van der Waals surface area contributed by atoms with Gasteiger partial charge in [-0.05, 0) is 12.2 Å². The monoisotopic (exact) mass is 376 g/mol. The van der Waals surface area contributed by atoms with Gasteiger partial charge < -0.3 is 24.4 Å². The van der Waals surface area contributed by atoms with Gasteiger partial charge in [0.25, 0.3) is 0 Å². The first-order valence-corrected chi connectivity index (χ1v) is 7.70. The first kappa shape index (κ1) is 17.6. The van der Waals surface area contributed by atoms with Crippen LogP contribution >= 0.6 is 11.6 Å². The molecule has 0 radical (unpaired) electrons. The van der Waals surface area contributed by atoms with Gasteiger partial charge in [0.05, 0.1) is 25.3 Å². The molecule has 0 amide bonds. The quantitative estimate of drug-likeness (QED) is 0.787. The highest BCUT2D eigenvalue weighted by molar-refractivity contribution is 6.36. The third-order valence-electron chi connectivity index (χ3n) is 3.77. The maximum Gasteiger partial charge on any atom is 0.192 e. The predicted octanol–water partition coefficient (Wildman–Crippen LogP) is 3.50. The minimum atomic E-state index is -0.655. The maximum atomic E-state index is 12.1. The highest BCUT2D eigenvalue weighted by atomic mass is 35.5. The molecule has 0 fully saturated rings. The van der Waals surface area contributed by atoms with Gasteiger partial charge in [0.1, 0.15) is 28.0 Å². The van der Waals surface area contributed by atoms with Crippen molar-refractivity contribution in [3.8, 4) is 34.5 Å². The molecule has 2 N–H and O–H groups in total. The number of fused-ring (bicyclic) bond motifs is 1. The number of ketones is 2. The van der Waals surface area contributed by atoms with Crippen LogP contribution in [0.25, 0.3) is 0 Å². The third-order valence-corrected chi connectivity index (χ3v) is 4.12. The third kappa shape index (κ3) is 2.82. The molecule has 3 rings (SSSR count). The summed E-state index contributed by atoms with van der Waals surface area (Å²) in [6.45, 7) is 0. The maximum absolute atomic E-state index is 12.1. The Hall–Kier alpha value is -3.19. The number of phenolic OH excluding ortho intramolecular Hbond substituents is 2. The number of allylic oxidation sites excluding steroid dienone is 2. The lowest BCUT2D eigenvalue weighted by Gasteiger charge is -2.18. The molecular formula is C18H13ClO7. The van der Waals surface area contributed by atoms with E-state index in [-0.39, 0.29) is 22.6 Å². The number of hydrogen-bond donors (Lipinski definition) is 2. The molecule has 0 spiro atoms. The van der Waals surface area contributed by atoms with Crippen molar-refractivity contribution in [2.45, 2.75) is 0 Å². The molecule has 0 atom stereocenters. The number of ether oxygens (including phenoxy) is 3. The fourth-order valence-electron chi connectivity index (χ4n) is 2.52. The van der Waals surface area contributed by atoms with Gasteiger partial charge >= 0.3 is 0 Å². The van der Waals surface area contributed by atoms with Crippen LogP contribution in [0.5, 0.6) is 34.5 Å². The molecule has 0 unspecified atom stereocenters. The number of aromatic hydroxyl groups is 2. The molecule has 0 bridgehead atoms. The topological polar surface area (TPSA) is 102 Å². The van der Waals surface area contributed by atoms with E-state index >= 15 is 0 Å². The lowest BCUT2D eigenvalue weighted by atomic mass is 9.92. The van der Waals surface area contributed by atoms with Crippen LogP contribution in [-0.2, 0) is 0 Å². The van der Waals surface area contributed by atoms with Crippen LogP contribution < -0.4 is 14.2 Å². The van der Waals surface area contributed by atoms with Gasteiger partial charge in [0, 0.05) is 18.2 Å². The summed E-state index contributed by atoms with van der Waals surface area (Å²) in [6.07, 6.45) is 1.99. The lowest BCUT2D eigenvalue weighted by molar-refractivity contribution is 0.0988. The number of phenols is 2. The number of halogens is 1. The van der Waals surface area contributed by atoms with Crippen molar-refractivity contribution in [1.29, 1.82) is 0 Å². The number of carbonyl (C=O) groups excluding carboxylic acids is 2. The van der Waals surface area contributed by atoms with Crippen molar-refractivity contribution in [3.05, 3.63) is 46.5 Å². The molecule has 1 aliphatic carbocycles. The van der Waals surface area contributed by atoms with Gasteiger partial charge in [0.15, 0.2) is 23.1 Å². The molecule has 0 aliphatic heterocycles. The summed E-state index contributed by atoms with van der Waals surface area (Å²) in [5.41, 5.74) is -0.736. The van der Waals surface area contributed by atoms with Crippen molar-refractivity contribution in [3.63, 3.8) is 0 Å². The summed E-state index contributed by atoms with van der Waals surface area (Å²) in [5, 5.41) is 20.3. The van der Waals surface area contributed by atoms with Gasteiger partial charge in [-0.2, -0.15) is 0 Å². The van der Waals surface area contributed by atoms with Gasteiger partial charge in [-0.25, -0.2) is 0 Å². The molecule has 26 heavy (non-hydrogen) atoms. The zero-order chi connectivity index (χ0) is 19.0. The highest BCUT2D eigenvalue weighted by Gasteiger charge is 2.32. The summed E-state index contributed by atoms with van der Waals surface area (Å²) in [7, 11) is 2.90. The van der Waals surface area contributed by atoms with Crippen LogP contribution in [0.4, 0.5) is 0 Å². The van der Waals surface area contributed by atoms with Gasteiger partial charge in [-0.15, -0.1) is 0 Å². The zero-order valence-electron chi connectivity index (χ0n) is 13.7. The van der Waals surface area contributed by atoms with Crippen LogP contribution in [0.3, 0.4) is 0 Å². The van der Waals surface area contributed by atoms with E-state index in [1.807, 2.05) is 0 Å². The molecule has 2 aromatic carbocycles. The molecule has 0 aromatic heterocycles. The second-order valence-electron chi connectivity index (χ2n) is 5.30. The SMILES string of the molecule is COc1cc(OC)cc(Oc2c(O)c3c(c(O)c2Cl)C(=O)C=CC3=O)c1. The molecule has 0 heterocycles. The molecule has 0 saturated heterocycles. The summed E-state index contributed by atoms with van der Waals surface area (Å²) < 4.78 is 15.8. The second-order valence-corrected chi connectivity index (χ2v) is 5.68. The standard InChI is InChI=1S/C18H13ClO7/c1-24-8-5-9(25-2)7-10(6-8)26-18-15(19)16(22)13-11(20)3-4-12(21)14(13)17(18)23/h3-7,22-23H,1-2H3. The molecule has 0 saturated carbocycles. The summed E-state index contributed by atoms with van der Waals surface area (Å²) in [5.74, 6) is -1.98. The number of methoxy groups -OCH3 is 2. The van der Waals surface area contributed by atoms with E-state index in [9.17, 15) is 19.8 Å². The first-order chi connectivity index (χ1) is 12.4. The minimum absolute atomic E-state index is 0.169. The van der Waals surface area contributed by atoms with E-state index in [4.69, 9.17) is 25.8 Å². The Morgan fingerprint density at radius 3 is 1.77 bits per heavy atom. The Morgan fingerprint density at radius 1 is 0.808 bits per heavy atom. The van der Waals surface area contributed by atoms with E-state index in [0.717, 1.165) is 12.2 Å². The first-order valence-electron chi connectivity index (χ1n) is 7.32. The van der Waals surface area contributed by atoms with Crippen LogP contribution in [-0.4, -0.2) is 36.0 Å². The van der Waals surface area contributed by atoms with Crippen molar-refractivity contribution in [2.75, 3.05) is 14.2 Å². The average molecular weight is 377 g/mol. The van der Waals surface area contributed by atoms with Crippen molar-refractivity contribution < 1.29 is 34.0 Å². The van der Waals surface area contributed by atoms with Crippen LogP contribution in [0, 0.1) is 0 Å². The Morgan fingerprint density at radius 2 is 1.27 bits per heavy atom. The Kier molecular flexibility index (Phi) is 4.48. The van der Waals surface area contributed by atoms with Gasteiger partial charge in [-0.3, -0.25) is 9.59 Å². The fraction of sp³-hybridized carbons (Fsp3) is 0.111. The Bertz CT molecular complexity index is 940. The minimum Gasteiger partial charge on any atom is -0.505 e. The summed E-state index contributed by atoms with van der Waals surface area (Å²) in [4.78, 5) is 24.0. The van der Waals surface area contributed by atoms with E-state index in [1.165, 1.54) is 26.4 Å². The van der Waals surface area contributed by atoms with Crippen LogP contribution in [0.2, 0.25) is 5.02 Å². The van der Waals surface area contributed by atoms with Crippen molar-refractivity contribution >= 4 is 23.2 Å². The fourth-order valence-corrected chi connectivity index (χ4v) is 2.74. The van der Waals surface area contributed by atoms with E-state index in [1.54, 1.807) is 6.07 Å². The Balaban J connectivity index is 2.16. The molecule has 2 aromatic rings. The number of rotatable bonds is 4. The van der Waals surface area contributed by atoms with Crippen LogP contribution in [0.15, 0.2) is 30.4 Å². The normalized spacial score (nSPS) is 12.7. The number of carbonyl (C=O) groups is 2. The summed E-state index contributed by atoms with van der Waals surface area (Å²) >= 11 is 6.06. The van der Waals surface area contributed by atoms with Crippen molar-refractivity contribution in [2.24, 2.45) is 0 Å². The molecular weight excluding hydrogens is 364 g/mol. The molecule has 1 aliphatic rings. The van der Waals surface area contributed by atoms with E-state index in [0.29, 0.717) is 11.5 Å². The average Bonchev–Trinajstić information content (AvgIpc) is 2.64. The smallest absolute Gasteiger partial charge is 0.192 e. The van der Waals surface area contributed by atoms with E-state index in [2.05, 4.69) is 0 Å². The Labute approximate surface area is 153 Å². The predicted molar refractivity (Wildman–Crippen MR) is 92.2 cm³/mol. The molecule has 134 valence electrons. The van der Waals surface area contributed by atoms with Crippen LogP contribution in [0.1, 0.15) is 20.7 Å². The summed E-state index contributed by atoms with van der Waals surface area (Å²) in [6, 6.07) is 4.58. The highest BCUT2D eigenvalue weighted by Crippen LogP contribution is 2.49. The number of benzene rings is 2. The largest absolute Gasteiger partial charge is 0.505 e.